The van der Waals surface area contributed by atoms with E-state index in [1.165, 1.54) is 31.8 Å². The van der Waals surface area contributed by atoms with Crippen molar-refractivity contribution in [2.75, 3.05) is 7.11 Å². The summed E-state index contributed by atoms with van der Waals surface area (Å²) in [6.07, 6.45) is 5.74. The van der Waals surface area contributed by atoms with Crippen molar-refractivity contribution in [1.29, 1.82) is 0 Å². The summed E-state index contributed by atoms with van der Waals surface area (Å²) in [5, 5.41) is 11.6. The summed E-state index contributed by atoms with van der Waals surface area (Å²) in [4.78, 5) is 38.4. The van der Waals surface area contributed by atoms with Gasteiger partial charge >= 0.3 is 11.9 Å². The van der Waals surface area contributed by atoms with Gasteiger partial charge in [0.25, 0.3) is 0 Å². The maximum absolute atomic E-state index is 13.2. The molecule has 1 aromatic heterocycles. The van der Waals surface area contributed by atoms with Crippen LogP contribution in [0.3, 0.4) is 0 Å². The van der Waals surface area contributed by atoms with E-state index in [2.05, 4.69) is 0 Å². The molecular formula is C27H30O8. The van der Waals surface area contributed by atoms with Gasteiger partial charge in [0.05, 0.1) is 43.0 Å². The molecule has 1 fully saturated rings. The zero-order chi connectivity index (χ0) is 25.6. The van der Waals surface area contributed by atoms with Crippen LogP contribution in [0, 0.1) is 22.2 Å². The molecule has 0 spiro atoms. The molecule has 0 amide bonds. The van der Waals surface area contributed by atoms with Gasteiger partial charge in [0.2, 0.25) is 0 Å². The Balaban J connectivity index is 1.73. The van der Waals surface area contributed by atoms with E-state index >= 15 is 0 Å². The van der Waals surface area contributed by atoms with E-state index in [0.717, 1.165) is 0 Å². The summed E-state index contributed by atoms with van der Waals surface area (Å²) < 4.78 is 22.5. The lowest BCUT2D eigenvalue weighted by Gasteiger charge is -2.53. The number of hydrogen-bond acceptors (Lipinski definition) is 8. The number of aliphatic hydroxyl groups is 1. The number of carbonyl (C=O) groups is 3. The second-order valence-corrected chi connectivity index (χ2v) is 11.0. The van der Waals surface area contributed by atoms with E-state index in [1.807, 2.05) is 34.6 Å². The fourth-order valence-electron chi connectivity index (χ4n) is 6.81. The van der Waals surface area contributed by atoms with Crippen LogP contribution in [0.1, 0.15) is 52.7 Å². The van der Waals surface area contributed by atoms with Crippen LogP contribution in [-0.4, -0.2) is 41.6 Å². The quantitative estimate of drug-likeness (QED) is 0.514. The standard InChI is InChI=1S/C27H30O8/c1-24(2)15(10-21(30)32-6)25(3)16-9-19(29)26(4)17(27(16,5)35-20(25)12-18(24)28)11-22(31)34-23(26)14-7-8-33-13-14/h7-9,11-13,15,19,23,29H,10H2,1-6H3. The van der Waals surface area contributed by atoms with Crippen molar-refractivity contribution in [3.8, 4) is 0 Å². The van der Waals surface area contributed by atoms with Gasteiger partial charge in [0, 0.05) is 23.1 Å². The summed E-state index contributed by atoms with van der Waals surface area (Å²) in [6.45, 7) is 9.23. The highest BCUT2D eigenvalue weighted by Crippen LogP contribution is 2.69. The first kappa shape index (κ1) is 23.6. The summed E-state index contributed by atoms with van der Waals surface area (Å²) in [5.74, 6) is -1.23. The number of aliphatic hydroxyl groups excluding tert-OH is 1. The van der Waals surface area contributed by atoms with Gasteiger partial charge in [0.15, 0.2) is 11.4 Å². The third-order valence-corrected chi connectivity index (χ3v) is 8.88. The minimum absolute atomic E-state index is 0.00798. The van der Waals surface area contributed by atoms with Crippen molar-refractivity contribution in [2.24, 2.45) is 22.2 Å². The van der Waals surface area contributed by atoms with E-state index in [-0.39, 0.29) is 12.2 Å². The number of ketones is 1. The van der Waals surface area contributed by atoms with Gasteiger partial charge in [-0.25, -0.2) is 4.79 Å². The number of ether oxygens (including phenoxy) is 3. The molecular weight excluding hydrogens is 452 g/mol. The molecule has 0 radical (unpaired) electrons. The van der Waals surface area contributed by atoms with Gasteiger partial charge in [-0.1, -0.05) is 19.9 Å². The lowest BCUT2D eigenvalue weighted by molar-refractivity contribution is -0.159. The molecule has 2 aliphatic heterocycles. The highest BCUT2D eigenvalue weighted by atomic mass is 16.6. The molecule has 8 nitrogen and oxygen atoms in total. The fraction of sp³-hybridized carbons (Fsp3) is 0.519. The van der Waals surface area contributed by atoms with Crippen LogP contribution in [0.4, 0.5) is 0 Å². The molecule has 1 N–H and O–H groups in total. The van der Waals surface area contributed by atoms with E-state index in [4.69, 9.17) is 18.6 Å². The first-order chi connectivity index (χ1) is 16.3. The second-order valence-electron chi connectivity index (χ2n) is 11.0. The van der Waals surface area contributed by atoms with Gasteiger partial charge in [-0.2, -0.15) is 0 Å². The normalized spacial score (nSPS) is 39.2. The molecule has 1 saturated heterocycles. The number of fused-ring (bicyclic) bond motifs is 5. The lowest BCUT2D eigenvalue weighted by Crippen LogP contribution is -2.55. The molecule has 0 saturated carbocycles. The van der Waals surface area contributed by atoms with Gasteiger partial charge in [0.1, 0.15) is 11.9 Å². The molecule has 0 aromatic carbocycles. The molecule has 186 valence electrons. The smallest absolute Gasteiger partial charge is 0.331 e. The van der Waals surface area contributed by atoms with E-state index < -0.39 is 51.9 Å². The van der Waals surface area contributed by atoms with Gasteiger partial charge < -0.3 is 23.7 Å². The van der Waals surface area contributed by atoms with Crippen LogP contribution in [-0.2, 0) is 28.6 Å². The summed E-state index contributed by atoms with van der Waals surface area (Å²) >= 11 is 0. The Morgan fingerprint density at radius 2 is 1.83 bits per heavy atom. The van der Waals surface area contributed by atoms with Gasteiger partial charge in [-0.15, -0.1) is 0 Å². The Hall–Kier alpha value is -3.13. The fourth-order valence-corrected chi connectivity index (χ4v) is 6.81. The topological polar surface area (TPSA) is 112 Å². The average molecular weight is 483 g/mol. The average Bonchev–Trinajstić information content (AvgIpc) is 3.40. The number of rotatable bonds is 3. The van der Waals surface area contributed by atoms with Crippen LogP contribution in [0.2, 0.25) is 0 Å². The molecule has 4 aliphatic rings. The Kier molecular flexibility index (Phi) is 4.85. The highest BCUT2D eigenvalue weighted by Gasteiger charge is 2.69. The van der Waals surface area contributed by atoms with Crippen LogP contribution >= 0.6 is 0 Å². The van der Waals surface area contributed by atoms with Gasteiger partial charge in [-0.05, 0) is 43.9 Å². The molecule has 0 bridgehead atoms. The van der Waals surface area contributed by atoms with Gasteiger partial charge in [-0.3, -0.25) is 9.59 Å². The molecule has 8 heteroatoms. The first-order valence-corrected chi connectivity index (χ1v) is 11.7. The lowest BCUT2D eigenvalue weighted by atomic mass is 9.50. The summed E-state index contributed by atoms with van der Waals surface area (Å²) in [7, 11) is 1.32. The number of cyclic esters (lactones) is 1. The third kappa shape index (κ3) is 2.86. The largest absolute Gasteiger partial charge is 0.482 e. The number of carbonyl (C=O) groups excluding carboxylic acids is 3. The van der Waals surface area contributed by atoms with E-state index in [1.54, 1.807) is 12.1 Å². The van der Waals surface area contributed by atoms with Crippen LogP contribution in [0.15, 0.2) is 58.1 Å². The van der Waals surface area contributed by atoms with Crippen molar-refractivity contribution in [3.05, 3.63) is 59.3 Å². The molecule has 1 aromatic rings. The zero-order valence-corrected chi connectivity index (χ0v) is 20.7. The molecule has 5 rings (SSSR count). The minimum atomic E-state index is -1.15. The maximum atomic E-state index is 13.2. The second kappa shape index (κ2) is 7.20. The highest BCUT2D eigenvalue weighted by molar-refractivity contribution is 5.97. The van der Waals surface area contributed by atoms with Crippen molar-refractivity contribution in [3.63, 3.8) is 0 Å². The molecule has 6 unspecified atom stereocenters. The SMILES string of the molecule is COC(=O)CC1C(C)(C)C(=O)C=C2OC3(C)C(=CC(O)C4(C)C3=CC(=O)OC4c3ccoc3)C21C. The van der Waals surface area contributed by atoms with Crippen molar-refractivity contribution in [1.82, 2.24) is 0 Å². The monoisotopic (exact) mass is 482 g/mol. The Morgan fingerprint density at radius 3 is 2.46 bits per heavy atom. The first-order valence-electron chi connectivity index (χ1n) is 11.7. The number of furan rings is 1. The maximum Gasteiger partial charge on any atom is 0.331 e. The van der Waals surface area contributed by atoms with E-state index in [9.17, 15) is 19.5 Å². The molecule has 35 heavy (non-hydrogen) atoms. The number of esters is 2. The van der Waals surface area contributed by atoms with Crippen molar-refractivity contribution in [2.45, 2.75) is 58.8 Å². The van der Waals surface area contributed by atoms with Crippen molar-refractivity contribution >= 4 is 17.7 Å². The zero-order valence-electron chi connectivity index (χ0n) is 20.7. The Labute approximate surface area is 203 Å². The predicted molar refractivity (Wildman–Crippen MR) is 122 cm³/mol. The number of allylic oxidation sites excluding steroid dienone is 2. The number of methoxy groups -OCH3 is 1. The third-order valence-electron chi connectivity index (χ3n) is 8.88. The predicted octanol–water partition coefficient (Wildman–Crippen LogP) is 3.58. The Bertz CT molecular complexity index is 1220. The van der Waals surface area contributed by atoms with Crippen molar-refractivity contribution < 1.29 is 38.1 Å². The molecule has 3 heterocycles. The van der Waals surface area contributed by atoms with Crippen LogP contribution in [0.25, 0.3) is 0 Å². The van der Waals surface area contributed by atoms with E-state index in [0.29, 0.717) is 22.5 Å². The van der Waals surface area contributed by atoms with Crippen LogP contribution in [0.5, 0.6) is 0 Å². The summed E-state index contributed by atoms with van der Waals surface area (Å²) in [6, 6.07) is 1.70. The molecule has 2 aliphatic carbocycles. The number of hydrogen-bond donors (Lipinski definition) is 1. The summed E-state index contributed by atoms with van der Waals surface area (Å²) in [5.41, 5.74) is -2.11. The minimum Gasteiger partial charge on any atom is -0.482 e. The van der Waals surface area contributed by atoms with Crippen LogP contribution < -0.4 is 0 Å². The Morgan fingerprint density at radius 1 is 1.11 bits per heavy atom. The molecule has 6 atom stereocenters.